The highest BCUT2D eigenvalue weighted by Gasteiger charge is 2.13. The molecule has 0 radical (unpaired) electrons. The number of aromatic nitrogens is 2. The zero-order valence-corrected chi connectivity index (χ0v) is 7.80. The van der Waals surface area contributed by atoms with Crippen LogP contribution in [0.4, 0.5) is 0 Å². The maximum absolute atomic E-state index is 8.43. The first-order valence-corrected chi connectivity index (χ1v) is 4.08. The molecule has 14 heavy (non-hydrogen) atoms. The Morgan fingerprint density at radius 2 is 2.43 bits per heavy atom. The summed E-state index contributed by atoms with van der Waals surface area (Å²) in [5.41, 5.74) is 6.20. The lowest BCUT2D eigenvalue weighted by atomic mass is 10.2. The molecule has 0 aromatic carbocycles. The van der Waals surface area contributed by atoms with Crippen molar-refractivity contribution in [3.05, 3.63) is 11.4 Å². The van der Waals surface area contributed by atoms with E-state index in [9.17, 15) is 0 Å². The van der Waals surface area contributed by atoms with Crippen LogP contribution in [0.5, 0.6) is 0 Å². The van der Waals surface area contributed by atoms with Crippen LogP contribution in [0, 0.1) is 0 Å². The normalized spacial score (nSPS) is 11.9. The quantitative estimate of drug-likeness (QED) is 0.223. The number of oxime groups is 1. The number of rotatable bonds is 5. The monoisotopic (exact) mass is 200 g/mol. The summed E-state index contributed by atoms with van der Waals surface area (Å²) in [7, 11) is 1.62. The highest BCUT2D eigenvalue weighted by atomic mass is 16.6. The molecule has 1 aromatic heterocycles. The molecule has 0 amide bonds. The van der Waals surface area contributed by atoms with Crippen molar-refractivity contribution in [3.8, 4) is 0 Å². The summed E-state index contributed by atoms with van der Waals surface area (Å²) in [6.07, 6.45) is 1.39. The van der Waals surface area contributed by atoms with Crippen LogP contribution in [-0.2, 0) is 11.2 Å². The van der Waals surface area contributed by atoms with Crippen LogP contribution in [0.1, 0.15) is 17.8 Å². The van der Waals surface area contributed by atoms with Crippen LogP contribution in [0.2, 0.25) is 0 Å². The van der Waals surface area contributed by atoms with Crippen LogP contribution in [0.3, 0.4) is 0 Å². The molecule has 7 heteroatoms. The Kier molecular flexibility index (Phi) is 3.86. The van der Waals surface area contributed by atoms with Gasteiger partial charge >= 0.3 is 0 Å². The SMILES string of the molecule is COCCCc1nonc1C(N)=NO. The number of aryl methyl sites for hydroxylation is 1. The Labute approximate surface area is 80.5 Å². The summed E-state index contributed by atoms with van der Waals surface area (Å²) in [6.45, 7) is 0.614. The van der Waals surface area contributed by atoms with Gasteiger partial charge in [0.05, 0.1) is 0 Å². The minimum Gasteiger partial charge on any atom is -0.409 e. The average molecular weight is 200 g/mol. The molecule has 1 rings (SSSR count). The van der Waals surface area contributed by atoms with Crippen LogP contribution in [0.25, 0.3) is 0 Å². The highest BCUT2D eigenvalue weighted by Crippen LogP contribution is 2.05. The van der Waals surface area contributed by atoms with Gasteiger partial charge in [-0.3, -0.25) is 0 Å². The zero-order valence-electron chi connectivity index (χ0n) is 7.80. The molecule has 0 saturated carbocycles. The lowest BCUT2D eigenvalue weighted by Gasteiger charge is -1.97. The molecule has 0 aliphatic heterocycles. The van der Waals surface area contributed by atoms with Crippen molar-refractivity contribution in [1.82, 2.24) is 10.3 Å². The van der Waals surface area contributed by atoms with Crippen molar-refractivity contribution >= 4 is 5.84 Å². The first kappa shape index (κ1) is 10.5. The van der Waals surface area contributed by atoms with Crippen molar-refractivity contribution in [1.29, 1.82) is 0 Å². The largest absolute Gasteiger partial charge is 0.409 e. The summed E-state index contributed by atoms with van der Waals surface area (Å²) >= 11 is 0. The Bertz CT molecular complexity index is 310. The molecule has 1 heterocycles. The fraction of sp³-hybridized carbons (Fsp3) is 0.571. The minimum absolute atomic E-state index is 0.0985. The molecule has 3 N–H and O–H groups in total. The molecule has 0 unspecified atom stereocenters. The van der Waals surface area contributed by atoms with Gasteiger partial charge < -0.3 is 15.7 Å². The minimum atomic E-state index is -0.0985. The van der Waals surface area contributed by atoms with Crippen molar-refractivity contribution in [2.24, 2.45) is 10.9 Å². The van der Waals surface area contributed by atoms with Gasteiger partial charge in [0, 0.05) is 13.7 Å². The van der Waals surface area contributed by atoms with E-state index in [2.05, 4.69) is 20.1 Å². The van der Waals surface area contributed by atoms with Crippen molar-refractivity contribution in [2.75, 3.05) is 13.7 Å². The van der Waals surface area contributed by atoms with E-state index in [1.807, 2.05) is 0 Å². The molecule has 7 nitrogen and oxygen atoms in total. The molecule has 78 valence electrons. The summed E-state index contributed by atoms with van der Waals surface area (Å²) in [5, 5.41) is 18.4. The van der Waals surface area contributed by atoms with Crippen molar-refractivity contribution in [3.63, 3.8) is 0 Å². The first-order chi connectivity index (χ1) is 6.79. The van der Waals surface area contributed by atoms with Gasteiger partial charge in [-0.05, 0) is 18.0 Å². The van der Waals surface area contributed by atoms with E-state index < -0.39 is 0 Å². The third-order valence-electron chi connectivity index (χ3n) is 1.67. The lowest BCUT2D eigenvalue weighted by molar-refractivity contribution is 0.194. The van der Waals surface area contributed by atoms with Crippen LogP contribution in [0.15, 0.2) is 9.78 Å². The van der Waals surface area contributed by atoms with E-state index in [1.165, 1.54) is 0 Å². The second-order valence-electron chi connectivity index (χ2n) is 2.64. The zero-order chi connectivity index (χ0) is 10.4. The second-order valence-corrected chi connectivity index (χ2v) is 2.64. The van der Waals surface area contributed by atoms with Gasteiger partial charge in [0.1, 0.15) is 5.69 Å². The molecule has 0 atom stereocenters. The predicted octanol–water partition coefficient (Wildman–Crippen LogP) is -0.257. The Morgan fingerprint density at radius 3 is 3.07 bits per heavy atom. The van der Waals surface area contributed by atoms with Crippen LogP contribution < -0.4 is 5.73 Å². The summed E-state index contributed by atoms with van der Waals surface area (Å²) in [6, 6.07) is 0. The van der Waals surface area contributed by atoms with E-state index in [-0.39, 0.29) is 11.5 Å². The second kappa shape index (κ2) is 5.18. The number of ether oxygens (including phenoxy) is 1. The van der Waals surface area contributed by atoms with Gasteiger partial charge in [0.15, 0.2) is 11.5 Å². The van der Waals surface area contributed by atoms with Crippen LogP contribution >= 0.6 is 0 Å². The third kappa shape index (κ3) is 2.43. The van der Waals surface area contributed by atoms with E-state index in [0.717, 1.165) is 6.42 Å². The number of methoxy groups -OCH3 is 1. The molecule has 0 fully saturated rings. The smallest absolute Gasteiger partial charge is 0.194 e. The topological polar surface area (TPSA) is 107 Å². The fourth-order valence-corrected chi connectivity index (χ4v) is 0.996. The summed E-state index contributed by atoms with van der Waals surface area (Å²) in [5.74, 6) is -0.0985. The van der Waals surface area contributed by atoms with Crippen molar-refractivity contribution in [2.45, 2.75) is 12.8 Å². The summed E-state index contributed by atoms with van der Waals surface area (Å²) in [4.78, 5) is 0. The average Bonchev–Trinajstić information content (AvgIpc) is 2.65. The van der Waals surface area contributed by atoms with Gasteiger partial charge in [-0.1, -0.05) is 10.3 Å². The number of nitrogens with zero attached hydrogens (tertiary/aromatic N) is 3. The molecule has 0 aliphatic carbocycles. The number of hydrogen-bond donors (Lipinski definition) is 2. The highest BCUT2D eigenvalue weighted by molar-refractivity contribution is 5.95. The van der Waals surface area contributed by atoms with Gasteiger partial charge in [-0.2, -0.15) is 0 Å². The van der Waals surface area contributed by atoms with Gasteiger partial charge in [-0.25, -0.2) is 4.63 Å². The van der Waals surface area contributed by atoms with Gasteiger partial charge in [0.2, 0.25) is 0 Å². The maximum Gasteiger partial charge on any atom is 0.194 e. The molecule has 0 saturated heterocycles. The van der Waals surface area contributed by atoms with E-state index in [0.29, 0.717) is 18.7 Å². The third-order valence-corrected chi connectivity index (χ3v) is 1.67. The molecule has 0 spiro atoms. The molecule has 0 bridgehead atoms. The van der Waals surface area contributed by atoms with Gasteiger partial charge in [-0.15, -0.1) is 0 Å². The molecule has 1 aromatic rings. The Balaban J connectivity index is 2.63. The number of hydrogen-bond acceptors (Lipinski definition) is 6. The maximum atomic E-state index is 8.43. The van der Waals surface area contributed by atoms with E-state index in [1.54, 1.807) is 7.11 Å². The Hall–Kier alpha value is -1.63. The van der Waals surface area contributed by atoms with Gasteiger partial charge in [0.25, 0.3) is 0 Å². The number of amidine groups is 1. The van der Waals surface area contributed by atoms with Crippen LogP contribution in [-0.4, -0.2) is 35.1 Å². The lowest BCUT2D eigenvalue weighted by Crippen LogP contribution is -2.16. The molecular weight excluding hydrogens is 188 g/mol. The van der Waals surface area contributed by atoms with Crippen molar-refractivity contribution < 1.29 is 14.6 Å². The van der Waals surface area contributed by atoms with E-state index >= 15 is 0 Å². The first-order valence-electron chi connectivity index (χ1n) is 4.08. The fourth-order valence-electron chi connectivity index (χ4n) is 0.996. The standard InChI is InChI=1S/C7H12N4O3/c1-13-4-2-3-5-6(7(8)9-12)11-14-10-5/h12H,2-4H2,1H3,(H2,8,9). The van der Waals surface area contributed by atoms with E-state index in [4.69, 9.17) is 15.7 Å². The molecule has 0 aliphatic rings. The Morgan fingerprint density at radius 1 is 1.64 bits per heavy atom. The number of nitrogens with two attached hydrogens (primary N) is 1. The summed E-state index contributed by atoms with van der Waals surface area (Å²) < 4.78 is 9.36. The predicted molar refractivity (Wildman–Crippen MR) is 47.0 cm³/mol. The molecular formula is C7H12N4O3.